The number of carbonyl (C=O) groups is 1. The SMILES string of the molecule is CC(C)(C)OC(=O)N1CCN(c2noc(-c3ccc4cnn(C5CNC5)c4c3)n2)CC(F)(F)C1. The van der Waals surface area contributed by atoms with Gasteiger partial charge in [0.05, 0.1) is 30.8 Å². The quantitative estimate of drug-likeness (QED) is 0.617. The Hall–Kier alpha value is -3.28. The molecule has 2 saturated heterocycles. The molecule has 12 heteroatoms. The summed E-state index contributed by atoms with van der Waals surface area (Å²) in [5, 5.41) is 12.6. The lowest BCUT2D eigenvalue weighted by Crippen LogP contribution is -2.44. The van der Waals surface area contributed by atoms with E-state index < -0.39 is 30.7 Å². The molecule has 10 nitrogen and oxygen atoms in total. The predicted octanol–water partition coefficient (Wildman–Crippen LogP) is 2.92. The van der Waals surface area contributed by atoms with Crippen molar-refractivity contribution in [1.82, 2.24) is 30.1 Å². The van der Waals surface area contributed by atoms with Crippen molar-refractivity contribution in [3.63, 3.8) is 0 Å². The maximum atomic E-state index is 14.7. The summed E-state index contributed by atoms with van der Waals surface area (Å²) in [7, 11) is 0. The van der Waals surface area contributed by atoms with Gasteiger partial charge in [0.1, 0.15) is 5.60 Å². The van der Waals surface area contributed by atoms with Crippen LogP contribution in [-0.2, 0) is 4.74 Å². The van der Waals surface area contributed by atoms with Crippen LogP contribution in [0.15, 0.2) is 28.9 Å². The topological polar surface area (TPSA) is 102 Å². The molecule has 5 rings (SSSR count). The van der Waals surface area contributed by atoms with Gasteiger partial charge in [-0.3, -0.25) is 4.68 Å². The molecule has 0 aliphatic carbocycles. The van der Waals surface area contributed by atoms with Gasteiger partial charge in [0.25, 0.3) is 17.8 Å². The number of amides is 1. The Kier molecular flexibility index (Phi) is 5.42. The fraction of sp³-hybridized carbons (Fsp3) is 0.545. The number of aromatic nitrogens is 4. The average molecular weight is 476 g/mol. The van der Waals surface area contributed by atoms with Crippen molar-refractivity contribution in [2.24, 2.45) is 0 Å². The largest absolute Gasteiger partial charge is 0.444 e. The van der Waals surface area contributed by atoms with E-state index in [1.165, 1.54) is 4.90 Å². The zero-order chi connectivity index (χ0) is 24.1. The number of nitrogens with one attached hydrogen (secondary N) is 1. The Morgan fingerprint density at radius 2 is 2.03 bits per heavy atom. The van der Waals surface area contributed by atoms with E-state index >= 15 is 0 Å². The van der Waals surface area contributed by atoms with Gasteiger partial charge in [-0.05, 0) is 38.1 Å². The molecule has 2 fully saturated rings. The minimum Gasteiger partial charge on any atom is -0.444 e. The van der Waals surface area contributed by atoms with Gasteiger partial charge >= 0.3 is 6.09 Å². The van der Waals surface area contributed by atoms with Crippen molar-refractivity contribution < 1.29 is 22.8 Å². The van der Waals surface area contributed by atoms with E-state index in [1.807, 2.05) is 29.1 Å². The number of anilines is 1. The Morgan fingerprint density at radius 3 is 2.74 bits per heavy atom. The van der Waals surface area contributed by atoms with E-state index in [4.69, 9.17) is 9.26 Å². The summed E-state index contributed by atoms with van der Waals surface area (Å²) in [6.07, 6.45) is 1.04. The molecule has 0 atom stereocenters. The zero-order valence-corrected chi connectivity index (χ0v) is 19.3. The number of nitrogens with zero attached hydrogens (tertiary/aromatic N) is 6. The molecular weight excluding hydrogens is 448 g/mol. The standard InChI is InChI=1S/C22H27F2N7O3/c1-21(2,3)33-20(32)30-7-6-29(12-22(23,24)13-30)19-27-18(34-28-19)14-4-5-15-9-26-31(17(15)8-14)16-10-25-11-16/h4-5,8-9,16,25H,6-7,10-13H2,1-3H3. The van der Waals surface area contributed by atoms with Crippen LogP contribution in [0.5, 0.6) is 0 Å². The molecule has 0 saturated carbocycles. The monoisotopic (exact) mass is 475 g/mol. The van der Waals surface area contributed by atoms with E-state index in [1.54, 1.807) is 20.8 Å². The van der Waals surface area contributed by atoms with Crippen molar-refractivity contribution in [2.45, 2.75) is 38.3 Å². The van der Waals surface area contributed by atoms with Gasteiger partial charge in [0.15, 0.2) is 0 Å². The highest BCUT2D eigenvalue weighted by molar-refractivity contribution is 5.83. The molecule has 34 heavy (non-hydrogen) atoms. The number of ether oxygens (including phenoxy) is 1. The first-order valence-corrected chi connectivity index (χ1v) is 11.2. The smallest absolute Gasteiger partial charge is 0.410 e. The van der Waals surface area contributed by atoms with Crippen LogP contribution in [0.3, 0.4) is 0 Å². The van der Waals surface area contributed by atoms with Crippen LogP contribution in [0.2, 0.25) is 0 Å². The molecule has 3 aromatic rings. The summed E-state index contributed by atoms with van der Waals surface area (Å²) in [6, 6.07) is 5.96. The molecule has 0 radical (unpaired) electrons. The third-order valence-electron chi connectivity index (χ3n) is 5.79. The first-order chi connectivity index (χ1) is 16.1. The molecule has 0 spiro atoms. The number of hydrogen-bond donors (Lipinski definition) is 1. The molecule has 0 unspecified atom stereocenters. The van der Waals surface area contributed by atoms with Crippen LogP contribution in [0, 0.1) is 0 Å². The van der Waals surface area contributed by atoms with Crippen LogP contribution in [0.25, 0.3) is 22.4 Å². The lowest BCUT2D eigenvalue weighted by Gasteiger charge is -2.27. The fourth-order valence-electron chi connectivity index (χ4n) is 4.03. The van der Waals surface area contributed by atoms with Gasteiger partial charge in [0, 0.05) is 37.1 Å². The van der Waals surface area contributed by atoms with E-state index in [-0.39, 0.29) is 24.9 Å². The molecule has 1 aromatic carbocycles. The van der Waals surface area contributed by atoms with Crippen LogP contribution in [-0.4, -0.2) is 81.7 Å². The van der Waals surface area contributed by atoms with E-state index in [0.717, 1.165) is 28.9 Å². The highest BCUT2D eigenvalue weighted by atomic mass is 19.3. The van der Waals surface area contributed by atoms with Gasteiger partial charge in [-0.15, -0.1) is 0 Å². The average Bonchev–Trinajstić information content (AvgIpc) is 3.31. The lowest BCUT2D eigenvalue weighted by atomic mass is 10.1. The second kappa shape index (κ2) is 8.19. The molecule has 0 bridgehead atoms. The molecule has 1 amide bonds. The van der Waals surface area contributed by atoms with Crippen molar-refractivity contribution in [3.05, 3.63) is 24.4 Å². The van der Waals surface area contributed by atoms with Gasteiger partial charge in [-0.2, -0.15) is 10.1 Å². The lowest BCUT2D eigenvalue weighted by molar-refractivity contribution is -0.0285. The Bertz CT molecular complexity index is 1200. The van der Waals surface area contributed by atoms with Crippen molar-refractivity contribution in [1.29, 1.82) is 0 Å². The Labute approximate surface area is 194 Å². The molecule has 182 valence electrons. The van der Waals surface area contributed by atoms with Gasteiger partial charge < -0.3 is 24.4 Å². The zero-order valence-electron chi connectivity index (χ0n) is 19.3. The summed E-state index contributed by atoms with van der Waals surface area (Å²) >= 11 is 0. The maximum Gasteiger partial charge on any atom is 0.410 e. The first kappa shape index (κ1) is 22.5. The van der Waals surface area contributed by atoms with Crippen LogP contribution in [0.1, 0.15) is 26.8 Å². The Balaban J connectivity index is 1.35. The highest BCUT2D eigenvalue weighted by Gasteiger charge is 2.41. The van der Waals surface area contributed by atoms with Crippen LogP contribution >= 0.6 is 0 Å². The third kappa shape index (κ3) is 4.54. The van der Waals surface area contributed by atoms with Crippen molar-refractivity contribution >= 4 is 22.9 Å². The number of hydrogen-bond acceptors (Lipinski definition) is 8. The van der Waals surface area contributed by atoms with Gasteiger partial charge in [-0.1, -0.05) is 6.07 Å². The van der Waals surface area contributed by atoms with Crippen LogP contribution in [0.4, 0.5) is 19.5 Å². The molecule has 2 aromatic heterocycles. The predicted molar refractivity (Wildman–Crippen MR) is 120 cm³/mol. The summed E-state index contributed by atoms with van der Waals surface area (Å²) in [4.78, 5) is 19.1. The summed E-state index contributed by atoms with van der Waals surface area (Å²) in [6.45, 7) is 5.60. The third-order valence-corrected chi connectivity index (χ3v) is 5.79. The molecular formula is C22H27F2N7O3. The van der Waals surface area contributed by atoms with Crippen molar-refractivity contribution in [2.75, 3.05) is 44.2 Å². The van der Waals surface area contributed by atoms with E-state index in [9.17, 15) is 13.6 Å². The minimum absolute atomic E-state index is 0.0505. The molecule has 1 N–H and O–H groups in total. The number of halogens is 2. The van der Waals surface area contributed by atoms with Crippen molar-refractivity contribution in [3.8, 4) is 11.5 Å². The van der Waals surface area contributed by atoms with Crippen LogP contribution < -0.4 is 10.2 Å². The summed E-state index contributed by atoms with van der Waals surface area (Å²) in [5.74, 6) is -2.89. The highest BCUT2D eigenvalue weighted by Crippen LogP contribution is 2.29. The number of rotatable bonds is 3. The van der Waals surface area contributed by atoms with Gasteiger partial charge in [0.2, 0.25) is 0 Å². The number of benzene rings is 1. The number of alkyl halides is 2. The molecule has 2 aliphatic heterocycles. The second-order valence-corrected chi connectivity index (χ2v) is 9.75. The van der Waals surface area contributed by atoms with E-state index in [0.29, 0.717) is 11.6 Å². The fourth-order valence-corrected chi connectivity index (χ4v) is 4.03. The van der Waals surface area contributed by atoms with Gasteiger partial charge in [-0.25, -0.2) is 13.6 Å². The Morgan fingerprint density at radius 1 is 1.24 bits per heavy atom. The normalized spacial score (nSPS) is 19.2. The first-order valence-electron chi connectivity index (χ1n) is 11.2. The summed E-state index contributed by atoms with van der Waals surface area (Å²) in [5.41, 5.74) is 0.849. The molecule has 4 heterocycles. The second-order valence-electron chi connectivity index (χ2n) is 9.75. The summed E-state index contributed by atoms with van der Waals surface area (Å²) < 4.78 is 42.0. The number of carbonyl (C=O) groups excluding carboxylic acids is 1. The van der Waals surface area contributed by atoms with E-state index in [2.05, 4.69) is 20.6 Å². The number of fused-ring (bicyclic) bond motifs is 1. The molecule has 2 aliphatic rings. The minimum atomic E-state index is -3.17. The maximum absolute atomic E-state index is 14.7.